The van der Waals surface area contributed by atoms with Gasteiger partial charge in [0.25, 0.3) is 6.43 Å². The second kappa shape index (κ2) is 4.04. The number of benzene rings is 1. The predicted molar refractivity (Wildman–Crippen MR) is 53.5 cm³/mol. The third-order valence-corrected chi connectivity index (χ3v) is 2.50. The topological polar surface area (TPSA) is 43.1 Å². The van der Waals surface area contributed by atoms with Gasteiger partial charge in [-0.15, -0.1) is 0 Å². The molecule has 76 valence electrons. The van der Waals surface area contributed by atoms with Gasteiger partial charge in [-0.25, -0.2) is 8.78 Å². The summed E-state index contributed by atoms with van der Waals surface area (Å²) in [5, 5.41) is 0. The van der Waals surface area contributed by atoms with E-state index in [0.29, 0.717) is 4.47 Å². The first kappa shape index (κ1) is 11.1. The minimum atomic E-state index is -2.69. The van der Waals surface area contributed by atoms with E-state index in [1.54, 1.807) is 0 Å². The van der Waals surface area contributed by atoms with E-state index in [2.05, 4.69) is 15.9 Å². The summed E-state index contributed by atoms with van der Waals surface area (Å²) in [5.74, 6) is -0.459. The maximum absolute atomic E-state index is 12.5. The van der Waals surface area contributed by atoms with Crippen molar-refractivity contribution in [3.63, 3.8) is 0 Å². The smallest absolute Gasteiger partial charge is 0.264 e. The molecule has 0 radical (unpaired) electrons. The molecule has 0 bridgehead atoms. The fourth-order valence-corrected chi connectivity index (χ4v) is 1.52. The maximum Gasteiger partial charge on any atom is 0.264 e. The number of halogens is 3. The molecule has 0 amide bonds. The first-order chi connectivity index (χ1) is 6.45. The average molecular weight is 264 g/mol. The van der Waals surface area contributed by atoms with Gasteiger partial charge in [-0.2, -0.15) is 0 Å². The van der Waals surface area contributed by atoms with Crippen LogP contribution in [0.5, 0.6) is 0 Å². The number of nitrogen functional groups attached to an aromatic ring is 1. The molecule has 2 nitrogen and oxygen atoms in total. The lowest BCUT2D eigenvalue weighted by atomic mass is 10.0. The van der Waals surface area contributed by atoms with E-state index in [1.165, 1.54) is 19.1 Å². The number of carbonyl (C=O) groups is 1. The lowest BCUT2D eigenvalue weighted by molar-refractivity contribution is 0.1000. The third kappa shape index (κ3) is 1.92. The quantitative estimate of drug-likeness (QED) is 0.658. The summed E-state index contributed by atoms with van der Waals surface area (Å²) >= 11 is 3.08. The Morgan fingerprint density at radius 1 is 1.50 bits per heavy atom. The van der Waals surface area contributed by atoms with Crippen LogP contribution in [0.4, 0.5) is 14.5 Å². The Hall–Kier alpha value is -0.970. The number of hydrogen-bond donors (Lipinski definition) is 1. The zero-order chi connectivity index (χ0) is 10.9. The van der Waals surface area contributed by atoms with E-state index in [-0.39, 0.29) is 16.8 Å². The Morgan fingerprint density at radius 2 is 2.07 bits per heavy atom. The van der Waals surface area contributed by atoms with Gasteiger partial charge in [-0.1, -0.05) is 6.07 Å². The molecule has 0 aromatic heterocycles. The highest BCUT2D eigenvalue weighted by Crippen LogP contribution is 2.32. The summed E-state index contributed by atoms with van der Waals surface area (Å²) in [4.78, 5) is 11.1. The van der Waals surface area contributed by atoms with Crippen molar-refractivity contribution in [2.24, 2.45) is 0 Å². The Bertz CT molecular complexity index is 379. The molecule has 0 aliphatic carbocycles. The minimum absolute atomic E-state index is 0.0651. The van der Waals surface area contributed by atoms with Crippen molar-refractivity contribution in [1.82, 2.24) is 0 Å². The number of alkyl halides is 2. The Morgan fingerprint density at radius 3 is 2.50 bits per heavy atom. The minimum Gasteiger partial charge on any atom is -0.397 e. The van der Waals surface area contributed by atoms with Crippen LogP contribution in [0.2, 0.25) is 0 Å². The highest BCUT2D eigenvalue weighted by atomic mass is 79.9. The summed E-state index contributed by atoms with van der Waals surface area (Å²) in [7, 11) is 0. The highest BCUT2D eigenvalue weighted by molar-refractivity contribution is 9.10. The van der Waals surface area contributed by atoms with Crippen molar-refractivity contribution < 1.29 is 13.6 Å². The van der Waals surface area contributed by atoms with E-state index in [9.17, 15) is 13.6 Å². The van der Waals surface area contributed by atoms with Crippen LogP contribution in [0.3, 0.4) is 0 Å². The van der Waals surface area contributed by atoms with E-state index in [1.807, 2.05) is 0 Å². The fraction of sp³-hybridized carbons (Fsp3) is 0.222. The second-order valence-corrected chi connectivity index (χ2v) is 3.64. The molecule has 1 aromatic carbocycles. The molecule has 0 saturated carbocycles. The molecule has 1 rings (SSSR count). The molecule has 0 spiro atoms. The number of carbonyl (C=O) groups excluding carboxylic acids is 1. The molecule has 2 N–H and O–H groups in total. The van der Waals surface area contributed by atoms with Crippen LogP contribution in [0.25, 0.3) is 0 Å². The molecule has 0 aliphatic rings. The van der Waals surface area contributed by atoms with E-state index in [0.717, 1.165) is 0 Å². The van der Waals surface area contributed by atoms with Crippen LogP contribution in [0.1, 0.15) is 29.3 Å². The van der Waals surface area contributed by atoms with E-state index < -0.39 is 12.2 Å². The number of ketones is 1. The van der Waals surface area contributed by atoms with Crippen molar-refractivity contribution in [1.29, 1.82) is 0 Å². The Labute approximate surface area is 88.2 Å². The van der Waals surface area contributed by atoms with Gasteiger partial charge < -0.3 is 5.73 Å². The van der Waals surface area contributed by atoms with Gasteiger partial charge in [0.2, 0.25) is 0 Å². The molecule has 0 heterocycles. The first-order valence-electron chi connectivity index (χ1n) is 3.82. The zero-order valence-corrected chi connectivity index (χ0v) is 8.94. The predicted octanol–water partition coefficient (Wildman–Crippen LogP) is 3.17. The monoisotopic (exact) mass is 263 g/mol. The SMILES string of the molecule is CC(=O)c1c(C(F)F)ccc(Br)c1N. The van der Waals surface area contributed by atoms with Crippen molar-refractivity contribution in [3.05, 3.63) is 27.7 Å². The summed E-state index contributed by atoms with van der Waals surface area (Å²) in [6.45, 7) is 1.21. The molecule has 0 aliphatic heterocycles. The van der Waals surface area contributed by atoms with Gasteiger partial charge in [0.15, 0.2) is 5.78 Å². The molecule has 0 saturated heterocycles. The fourth-order valence-electron chi connectivity index (χ4n) is 1.19. The number of anilines is 1. The summed E-state index contributed by atoms with van der Waals surface area (Å²) in [6, 6.07) is 2.60. The van der Waals surface area contributed by atoms with Crippen molar-refractivity contribution >= 4 is 27.4 Å². The summed E-state index contributed by atoms with van der Waals surface area (Å²) in [5.41, 5.74) is 5.16. The molecule has 5 heteroatoms. The molecule has 0 fully saturated rings. The standard InChI is InChI=1S/C9H8BrF2NO/c1-4(14)7-5(9(11)12)2-3-6(10)8(7)13/h2-3,9H,13H2,1H3. The molecule has 1 aromatic rings. The van der Waals surface area contributed by atoms with Crippen molar-refractivity contribution in [2.75, 3.05) is 5.73 Å². The molecule has 0 atom stereocenters. The van der Waals surface area contributed by atoms with Crippen LogP contribution in [-0.4, -0.2) is 5.78 Å². The van der Waals surface area contributed by atoms with Gasteiger partial charge in [-0.05, 0) is 28.9 Å². The summed E-state index contributed by atoms with van der Waals surface area (Å²) in [6.07, 6.45) is -2.69. The van der Waals surface area contributed by atoms with Crippen LogP contribution in [-0.2, 0) is 0 Å². The normalized spacial score (nSPS) is 10.6. The molecule has 14 heavy (non-hydrogen) atoms. The van der Waals surface area contributed by atoms with Crippen LogP contribution in [0, 0.1) is 0 Å². The number of hydrogen-bond acceptors (Lipinski definition) is 2. The van der Waals surface area contributed by atoms with E-state index in [4.69, 9.17) is 5.73 Å². The molecular formula is C9H8BrF2NO. The second-order valence-electron chi connectivity index (χ2n) is 2.78. The Balaban J connectivity index is 3.45. The van der Waals surface area contributed by atoms with Gasteiger partial charge in [0.1, 0.15) is 0 Å². The van der Waals surface area contributed by atoms with Crippen molar-refractivity contribution in [2.45, 2.75) is 13.3 Å². The van der Waals surface area contributed by atoms with Gasteiger partial charge in [0.05, 0.1) is 11.3 Å². The zero-order valence-electron chi connectivity index (χ0n) is 7.35. The first-order valence-corrected chi connectivity index (χ1v) is 4.61. The van der Waals surface area contributed by atoms with Gasteiger partial charge in [-0.3, -0.25) is 4.79 Å². The highest BCUT2D eigenvalue weighted by Gasteiger charge is 2.19. The van der Waals surface area contributed by atoms with Crippen LogP contribution in [0.15, 0.2) is 16.6 Å². The van der Waals surface area contributed by atoms with E-state index >= 15 is 0 Å². The van der Waals surface area contributed by atoms with Crippen LogP contribution >= 0.6 is 15.9 Å². The van der Waals surface area contributed by atoms with Crippen LogP contribution < -0.4 is 5.73 Å². The average Bonchev–Trinajstić information content (AvgIpc) is 2.08. The number of nitrogens with two attached hydrogens (primary N) is 1. The summed E-state index contributed by atoms with van der Waals surface area (Å²) < 4.78 is 25.4. The maximum atomic E-state index is 12.5. The molecular weight excluding hydrogens is 256 g/mol. The largest absolute Gasteiger partial charge is 0.397 e. The lowest BCUT2D eigenvalue weighted by Crippen LogP contribution is -2.05. The number of rotatable bonds is 2. The van der Waals surface area contributed by atoms with Gasteiger partial charge in [0, 0.05) is 10.0 Å². The number of Topliss-reactive ketones (excluding diaryl/α,β-unsaturated/α-hetero) is 1. The van der Waals surface area contributed by atoms with Crippen molar-refractivity contribution in [3.8, 4) is 0 Å². The Kier molecular flexibility index (Phi) is 3.21. The lowest BCUT2D eigenvalue weighted by Gasteiger charge is -2.10. The van der Waals surface area contributed by atoms with Gasteiger partial charge >= 0.3 is 0 Å². The third-order valence-electron chi connectivity index (χ3n) is 1.81. The molecule has 0 unspecified atom stereocenters.